The Bertz CT molecular complexity index is 601. The van der Waals surface area contributed by atoms with Gasteiger partial charge in [-0.3, -0.25) is 4.79 Å². The van der Waals surface area contributed by atoms with E-state index in [1.54, 1.807) is 6.07 Å². The lowest BCUT2D eigenvalue weighted by molar-refractivity contribution is 0.0934. The molecule has 2 rings (SSSR count). The Morgan fingerprint density at radius 2 is 1.95 bits per heavy atom. The number of furan rings is 1. The van der Waals surface area contributed by atoms with E-state index in [1.807, 2.05) is 38.1 Å². The number of halogens is 1. The second kappa shape index (κ2) is 6.27. The number of rotatable bonds is 4. The van der Waals surface area contributed by atoms with Crippen molar-refractivity contribution < 1.29 is 9.21 Å². The number of hydrogen-bond acceptors (Lipinski definition) is 2. The highest BCUT2D eigenvalue weighted by atomic mass is 79.9. The first-order valence-electron chi connectivity index (χ1n) is 6.64. The van der Waals surface area contributed by atoms with Gasteiger partial charge in [0.1, 0.15) is 11.5 Å². The van der Waals surface area contributed by atoms with Gasteiger partial charge < -0.3 is 9.73 Å². The number of amides is 1. The summed E-state index contributed by atoms with van der Waals surface area (Å²) in [5, 5.41) is 3.06. The summed E-state index contributed by atoms with van der Waals surface area (Å²) in [7, 11) is 0. The van der Waals surface area contributed by atoms with Gasteiger partial charge in [-0.1, -0.05) is 35.0 Å². The number of aryl methyl sites for hydroxylation is 2. The number of benzene rings is 1. The van der Waals surface area contributed by atoms with Crippen molar-refractivity contribution in [1.82, 2.24) is 5.32 Å². The van der Waals surface area contributed by atoms with Gasteiger partial charge in [0.15, 0.2) is 0 Å². The quantitative estimate of drug-likeness (QED) is 0.891. The minimum atomic E-state index is -0.0888. The molecule has 0 radical (unpaired) electrons. The van der Waals surface area contributed by atoms with Crippen LogP contribution in [0.3, 0.4) is 0 Å². The number of hydrogen-bond donors (Lipinski definition) is 1. The van der Waals surface area contributed by atoms with Crippen LogP contribution in [0.15, 0.2) is 39.2 Å². The molecule has 20 heavy (non-hydrogen) atoms. The van der Waals surface area contributed by atoms with E-state index >= 15 is 0 Å². The minimum Gasteiger partial charge on any atom is -0.466 e. The molecule has 106 valence electrons. The molecular formula is C16H18BrNO2. The smallest absolute Gasteiger partial charge is 0.255 e. The fraction of sp³-hybridized carbons (Fsp3) is 0.312. The first kappa shape index (κ1) is 14.9. The Balaban J connectivity index is 2.16. The lowest BCUT2D eigenvalue weighted by Crippen LogP contribution is -2.28. The maximum Gasteiger partial charge on any atom is 0.255 e. The molecule has 0 saturated carbocycles. The average Bonchev–Trinajstić information content (AvgIpc) is 2.76. The summed E-state index contributed by atoms with van der Waals surface area (Å²) in [4.78, 5) is 12.3. The van der Waals surface area contributed by atoms with Crippen molar-refractivity contribution in [3.05, 3.63) is 57.5 Å². The van der Waals surface area contributed by atoms with Crippen LogP contribution in [0.25, 0.3) is 0 Å². The highest BCUT2D eigenvalue weighted by Gasteiger charge is 2.17. The molecule has 1 N–H and O–H groups in total. The molecule has 1 aromatic carbocycles. The van der Waals surface area contributed by atoms with Gasteiger partial charge >= 0.3 is 0 Å². The second-order valence-electron chi connectivity index (χ2n) is 4.81. The third-order valence-corrected chi connectivity index (χ3v) is 3.80. The van der Waals surface area contributed by atoms with Crippen LogP contribution >= 0.6 is 15.9 Å². The van der Waals surface area contributed by atoms with Gasteiger partial charge in [0.05, 0.1) is 11.6 Å². The molecule has 2 aromatic rings. The monoisotopic (exact) mass is 335 g/mol. The molecule has 0 aliphatic rings. The molecule has 4 heteroatoms. The number of nitrogens with one attached hydrogen (secondary N) is 1. The lowest BCUT2D eigenvalue weighted by Gasteiger charge is -2.17. The molecule has 1 aromatic heterocycles. The molecule has 1 atom stereocenters. The summed E-state index contributed by atoms with van der Waals surface area (Å²) in [6.07, 6.45) is 0.837. The molecule has 0 bridgehead atoms. The summed E-state index contributed by atoms with van der Waals surface area (Å²) >= 11 is 3.42. The summed E-state index contributed by atoms with van der Waals surface area (Å²) < 4.78 is 6.44. The zero-order chi connectivity index (χ0) is 14.7. The predicted molar refractivity (Wildman–Crippen MR) is 82.8 cm³/mol. The van der Waals surface area contributed by atoms with Crippen LogP contribution in [0.4, 0.5) is 0 Å². The van der Waals surface area contributed by atoms with Gasteiger partial charge in [0.25, 0.3) is 5.91 Å². The van der Waals surface area contributed by atoms with Gasteiger partial charge in [0, 0.05) is 4.47 Å². The zero-order valence-corrected chi connectivity index (χ0v) is 13.5. The number of carbonyl (C=O) groups excluding carboxylic acids is 1. The normalized spacial score (nSPS) is 12.2. The van der Waals surface area contributed by atoms with Crippen molar-refractivity contribution in [2.75, 3.05) is 0 Å². The van der Waals surface area contributed by atoms with Crippen LogP contribution in [-0.4, -0.2) is 5.91 Å². The lowest BCUT2D eigenvalue weighted by atomic mass is 10.0. The van der Waals surface area contributed by atoms with E-state index in [9.17, 15) is 4.79 Å². The Labute approximate surface area is 127 Å². The van der Waals surface area contributed by atoms with Crippen molar-refractivity contribution in [2.24, 2.45) is 0 Å². The van der Waals surface area contributed by atoms with Crippen molar-refractivity contribution >= 4 is 21.8 Å². The molecule has 0 fully saturated rings. The van der Waals surface area contributed by atoms with Crippen LogP contribution in [-0.2, 0) is 0 Å². The van der Waals surface area contributed by atoms with E-state index in [0.717, 1.165) is 22.2 Å². The van der Waals surface area contributed by atoms with Crippen LogP contribution in [0.5, 0.6) is 0 Å². The van der Waals surface area contributed by atoms with Gasteiger partial charge in [-0.2, -0.15) is 0 Å². The first-order chi connectivity index (χ1) is 9.51. The summed E-state index contributed by atoms with van der Waals surface area (Å²) in [6.45, 7) is 5.71. The predicted octanol–water partition coefficient (Wildman–Crippen LogP) is 4.54. The van der Waals surface area contributed by atoms with E-state index in [4.69, 9.17) is 4.42 Å². The third-order valence-electron chi connectivity index (χ3n) is 3.27. The Kier molecular flexibility index (Phi) is 4.65. The fourth-order valence-corrected chi connectivity index (χ4v) is 2.47. The van der Waals surface area contributed by atoms with Gasteiger partial charge in [0.2, 0.25) is 0 Å². The summed E-state index contributed by atoms with van der Waals surface area (Å²) in [5.41, 5.74) is 1.71. The summed E-state index contributed by atoms with van der Waals surface area (Å²) in [5.74, 6) is 1.32. The fourth-order valence-electron chi connectivity index (χ4n) is 2.21. The van der Waals surface area contributed by atoms with Crippen molar-refractivity contribution in [3.8, 4) is 0 Å². The molecule has 0 aliphatic heterocycles. The van der Waals surface area contributed by atoms with E-state index in [2.05, 4.69) is 28.2 Å². The Morgan fingerprint density at radius 3 is 2.45 bits per heavy atom. The van der Waals surface area contributed by atoms with Gasteiger partial charge in [-0.15, -0.1) is 0 Å². The van der Waals surface area contributed by atoms with Crippen molar-refractivity contribution in [2.45, 2.75) is 33.2 Å². The zero-order valence-electron chi connectivity index (χ0n) is 11.9. The van der Waals surface area contributed by atoms with E-state index in [0.29, 0.717) is 11.3 Å². The molecule has 0 saturated heterocycles. The first-order valence-corrected chi connectivity index (χ1v) is 7.44. The molecule has 1 unspecified atom stereocenters. The van der Waals surface area contributed by atoms with Gasteiger partial charge in [-0.05, 0) is 44.0 Å². The maximum atomic E-state index is 12.3. The molecule has 0 spiro atoms. The van der Waals surface area contributed by atoms with Crippen molar-refractivity contribution in [3.63, 3.8) is 0 Å². The van der Waals surface area contributed by atoms with Crippen LogP contribution in [0.1, 0.15) is 46.8 Å². The minimum absolute atomic E-state index is 0.00482. The van der Waals surface area contributed by atoms with Crippen LogP contribution in [0.2, 0.25) is 0 Å². The highest BCUT2D eigenvalue weighted by Crippen LogP contribution is 2.21. The van der Waals surface area contributed by atoms with Crippen LogP contribution in [0, 0.1) is 13.8 Å². The maximum absolute atomic E-state index is 12.3. The topological polar surface area (TPSA) is 42.2 Å². The molecule has 1 amide bonds. The highest BCUT2D eigenvalue weighted by molar-refractivity contribution is 9.10. The summed E-state index contributed by atoms with van der Waals surface area (Å²) in [6, 6.07) is 9.79. The average molecular weight is 336 g/mol. The molecule has 0 aliphatic carbocycles. The molecule has 3 nitrogen and oxygen atoms in total. The standard InChI is InChI=1S/C16H18BrNO2/c1-4-15(12-5-7-13(17)8-6-12)18-16(19)14-9-10(2)20-11(14)3/h5-9,15H,4H2,1-3H3,(H,18,19). The van der Waals surface area contributed by atoms with E-state index in [1.165, 1.54) is 0 Å². The van der Waals surface area contributed by atoms with E-state index < -0.39 is 0 Å². The van der Waals surface area contributed by atoms with Gasteiger partial charge in [-0.25, -0.2) is 0 Å². The molecular weight excluding hydrogens is 318 g/mol. The van der Waals surface area contributed by atoms with Crippen molar-refractivity contribution in [1.29, 1.82) is 0 Å². The third kappa shape index (κ3) is 3.31. The Morgan fingerprint density at radius 1 is 1.30 bits per heavy atom. The number of carbonyl (C=O) groups is 1. The van der Waals surface area contributed by atoms with Crippen LogP contribution < -0.4 is 5.32 Å². The molecule has 1 heterocycles. The Hall–Kier alpha value is -1.55. The largest absolute Gasteiger partial charge is 0.466 e. The SMILES string of the molecule is CCC(NC(=O)c1cc(C)oc1C)c1ccc(Br)cc1. The second-order valence-corrected chi connectivity index (χ2v) is 5.73. The van der Waals surface area contributed by atoms with E-state index in [-0.39, 0.29) is 11.9 Å².